The Hall–Kier alpha value is -4.41. The van der Waals surface area contributed by atoms with Crippen LogP contribution in [0.15, 0.2) is 138 Å². The number of furan rings is 1. The van der Waals surface area contributed by atoms with Crippen molar-refractivity contribution >= 4 is 24.2 Å². The molecule has 0 saturated heterocycles. The van der Waals surface area contributed by atoms with Gasteiger partial charge in [0.1, 0.15) is 0 Å². The minimum Gasteiger partial charge on any atom is -0.499 e. The quantitative estimate of drug-likeness (QED) is 0.124. The summed E-state index contributed by atoms with van der Waals surface area (Å²) in [6, 6.07) is 47.1. The molecule has 0 aliphatic carbocycles. The van der Waals surface area contributed by atoms with Crippen LogP contribution in [0.2, 0.25) is 19.6 Å². The molecule has 0 amide bonds. The van der Waals surface area contributed by atoms with Gasteiger partial charge in [0.15, 0.2) is 0 Å². The molecule has 47 heavy (non-hydrogen) atoms. The van der Waals surface area contributed by atoms with Crippen LogP contribution in [0.1, 0.15) is 26.7 Å². The molecule has 1 radical (unpaired) electrons. The molecule has 0 spiro atoms. The fraction of sp³-hybridized carbons (Fsp3) is 0.143. The predicted octanol–water partition coefficient (Wildman–Crippen LogP) is 10.8. The largest absolute Gasteiger partial charge is 0.499 e. The molecule has 0 atom stereocenters. The van der Waals surface area contributed by atoms with E-state index in [-0.39, 0.29) is 20.1 Å². The van der Waals surface area contributed by atoms with Gasteiger partial charge in [-0.2, -0.15) is 0 Å². The Kier molecular flexibility index (Phi) is 10.4. The zero-order valence-corrected chi connectivity index (χ0v) is 30.7. The minimum atomic E-state index is -1.66. The van der Waals surface area contributed by atoms with Crippen molar-refractivity contribution in [1.29, 1.82) is 0 Å². The Morgan fingerprint density at radius 3 is 2.02 bits per heavy atom. The summed E-state index contributed by atoms with van der Waals surface area (Å²) in [5.41, 5.74) is 8.76. The molecule has 3 nitrogen and oxygen atoms in total. The van der Waals surface area contributed by atoms with Crippen LogP contribution < -0.4 is 5.19 Å². The second-order valence-electron chi connectivity index (χ2n) is 12.5. The molecule has 7 rings (SSSR count). The summed E-state index contributed by atoms with van der Waals surface area (Å²) >= 11 is 0. The average molecular weight is 808 g/mol. The Morgan fingerprint density at radius 2 is 1.40 bits per heavy atom. The average Bonchev–Trinajstić information content (AvgIpc) is 3.53. The Bertz CT molecular complexity index is 2050. The van der Waals surface area contributed by atoms with Crippen LogP contribution in [0.5, 0.6) is 0 Å². The molecule has 3 aromatic heterocycles. The molecule has 0 fully saturated rings. The number of pyridine rings is 2. The van der Waals surface area contributed by atoms with E-state index >= 15 is 0 Å². The van der Waals surface area contributed by atoms with Crippen LogP contribution in [-0.2, 0) is 20.1 Å². The van der Waals surface area contributed by atoms with Gasteiger partial charge in [-0.1, -0.05) is 135 Å². The first kappa shape index (κ1) is 32.5. The van der Waals surface area contributed by atoms with Gasteiger partial charge >= 0.3 is 0 Å². The summed E-state index contributed by atoms with van der Waals surface area (Å²) in [7, 11) is -1.66. The SMILES string of the molecule is [2H]C(C)(C)c1cc(-c2[c-]c3cc(-c4ccccc4)oc3c(-c3ccccc3)c2)ncc1[Si](C)(C)C.[Ir].[c-]1ccccc1-c1ccccn1. The van der Waals surface area contributed by atoms with E-state index in [9.17, 15) is 0 Å². The zero-order chi connectivity index (χ0) is 33.0. The first-order chi connectivity index (χ1) is 22.6. The van der Waals surface area contributed by atoms with E-state index in [2.05, 4.69) is 79.2 Å². The third-order valence-electron chi connectivity index (χ3n) is 7.85. The molecule has 0 N–H and O–H groups in total. The first-order valence-corrected chi connectivity index (χ1v) is 19.1. The summed E-state index contributed by atoms with van der Waals surface area (Å²) in [6.45, 7) is 10.8. The number of nitrogens with zero attached hydrogens (tertiary/aromatic N) is 2. The van der Waals surface area contributed by atoms with Crippen LogP contribution in [0.3, 0.4) is 0 Å². The number of benzene rings is 4. The normalized spacial score (nSPS) is 11.6. The van der Waals surface area contributed by atoms with Gasteiger partial charge < -0.3 is 9.40 Å². The van der Waals surface area contributed by atoms with E-state index < -0.39 is 14.0 Å². The molecule has 3 heterocycles. The van der Waals surface area contributed by atoms with E-state index in [1.54, 1.807) is 6.20 Å². The van der Waals surface area contributed by atoms with E-state index in [1.807, 2.05) is 98.9 Å². The molecule has 0 bridgehead atoms. The maximum atomic E-state index is 8.83. The molecule has 0 saturated carbocycles. The number of aromatic nitrogens is 2. The van der Waals surface area contributed by atoms with Crippen molar-refractivity contribution < 1.29 is 25.9 Å². The van der Waals surface area contributed by atoms with E-state index in [4.69, 9.17) is 10.8 Å². The number of fused-ring (bicyclic) bond motifs is 1. The van der Waals surface area contributed by atoms with Crippen molar-refractivity contribution in [2.45, 2.75) is 39.4 Å². The molecule has 7 aromatic rings. The van der Waals surface area contributed by atoms with Gasteiger partial charge in [-0.3, -0.25) is 4.98 Å². The monoisotopic (exact) mass is 808 g/mol. The van der Waals surface area contributed by atoms with Gasteiger partial charge in [-0.05, 0) is 34.0 Å². The van der Waals surface area contributed by atoms with E-state index in [0.29, 0.717) is 0 Å². The fourth-order valence-corrected chi connectivity index (χ4v) is 7.06. The van der Waals surface area contributed by atoms with Crippen molar-refractivity contribution in [2.75, 3.05) is 0 Å². The van der Waals surface area contributed by atoms with E-state index in [1.165, 1.54) is 5.19 Å². The van der Waals surface area contributed by atoms with Crippen LogP contribution in [0.25, 0.3) is 55.9 Å². The maximum absolute atomic E-state index is 8.83. The Morgan fingerprint density at radius 1 is 0.723 bits per heavy atom. The Balaban J connectivity index is 0.000000291. The van der Waals surface area contributed by atoms with Crippen molar-refractivity contribution in [3.63, 3.8) is 0 Å². The zero-order valence-electron chi connectivity index (χ0n) is 28.3. The van der Waals surface area contributed by atoms with Gasteiger partial charge in [0.2, 0.25) is 0 Å². The minimum absolute atomic E-state index is 0. The second-order valence-corrected chi connectivity index (χ2v) is 17.6. The predicted molar refractivity (Wildman–Crippen MR) is 195 cm³/mol. The summed E-state index contributed by atoms with van der Waals surface area (Å²) in [6.07, 6.45) is 3.79. The molecule has 0 aliphatic heterocycles. The molecular formula is C42H38IrN2OSi-2. The Labute approximate surface area is 294 Å². The van der Waals surface area contributed by atoms with Crippen LogP contribution >= 0.6 is 0 Å². The fourth-order valence-electron chi connectivity index (χ4n) is 5.48. The van der Waals surface area contributed by atoms with Crippen molar-refractivity contribution in [3.05, 3.63) is 151 Å². The number of hydrogen-bond acceptors (Lipinski definition) is 3. The third-order valence-corrected chi connectivity index (χ3v) is 9.87. The van der Waals surface area contributed by atoms with Crippen molar-refractivity contribution in [1.82, 2.24) is 9.97 Å². The maximum Gasteiger partial charge on any atom is 0.0914 e. The summed E-state index contributed by atoms with van der Waals surface area (Å²) in [4.78, 5) is 9.10. The van der Waals surface area contributed by atoms with Crippen molar-refractivity contribution in [3.8, 4) is 45.0 Å². The summed E-state index contributed by atoms with van der Waals surface area (Å²) in [5, 5.41) is 2.16. The van der Waals surface area contributed by atoms with Crippen LogP contribution in [0, 0.1) is 12.1 Å². The molecule has 4 aromatic carbocycles. The standard InChI is InChI=1S/C31H30NOSi.C11H8N.Ir/c1-21(2)26-19-28(32-20-30(26)34(3,4)5)24-16-25-18-29(23-14-10-7-11-15-23)33-31(25)27(17-24)22-12-8-6-9-13-22;1-2-6-10(7-3-1)11-8-4-5-9-12-11;/h6-15,17-21H,1-5H3;1-6,8-9H;/q2*-1;/i21D;;. The smallest absolute Gasteiger partial charge is 0.0914 e. The molecule has 0 aliphatic rings. The van der Waals surface area contributed by atoms with E-state index in [0.717, 1.165) is 61.5 Å². The van der Waals surface area contributed by atoms with Gasteiger partial charge in [-0.25, -0.2) is 0 Å². The van der Waals surface area contributed by atoms with Gasteiger partial charge in [0, 0.05) is 45.1 Å². The molecular weight excluding hydrogens is 769 g/mol. The number of rotatable bonds is 6. The van der Waals surface area contributed by atoms with Gasteiger partial charge in [0.25, 0.3) is 0 Å². The molecule has 5 heteroatoms. The summed E-state index contributed by atoms with van der Waals surface area (Å²) < 4.78 is 15.2. The van der Waals surface area contributed by atoms with Gasteiger partial charge in [0.05, 0.1) is 19.4 Å². The van der Waals surface area contributed by atoms with Crippen LogP contribution in [0.4, 0.5) is 0 Å². The molecule has 0 unspecified atom stereocenters. The van der Waals surface area contributed by atoms with Crippen molar-refractivity contribution in [2.24, 2.45) is 0 Å². The summed E-state index contributed by atoms with van der Waals surface area (Å²) in [5.74, 6) is 0.108. The third kappa shape index (κ3) is 7.94. The van der Waals surface area contributed by atoms with Crippen LogP contribution in [-0.4, -0.2) is 18.0 Å². The first-order valence-electron chi connectivity index (χ1n) is 16.1. The molecule has 237 valence electrons. The van der Waals surface area contributed by atoms with Gasteiger partial charge in [-0.15, -0.1) is 48.0 Å². The second kappa shape index (κ2) is 15.0. The topological polar surface area (TPSA) is 38.9 Å². The number of hydrogen-bond donors (Lipinski definition) is 0.